The third-order valence-electron chi connectivity index (χ3n) is 4.46. The number of H-pyrrole nitrogens is 2. The summed E-state index contributed by atoms with van der Waals surface area (Å²) in [5, 5.41) is 11.2. The van der Waals surface area contributed by atoms with Crippen molar-refractivity contribution in [3.05, 3.63) is 75.1 Å². The molecule has 0 fully saturated rings. The van der Waals surface area contributed by atoms with Crippen LogP contribution in [-0.4, -0.2) is 45.0 Å². The molecule has 0 saturated carbocycles. The Bertz CT molecular complexity index is 1200. The molecule has 1 aromatic carbocycles. The van der Waals surface area contributed by atoms with Gasteiger partial charge in [-0.1, -0.05) is 24.3 Å². The predicted octanol–water partition coefficient (Wildman–Crippen LogP) is 1.11. The number of nitrogens with zero attached hydrogens (tertiary/aromatic N) is 2. The second kappa shape index (κ2) is 8.42. The van der Waals surface area contributed by atoms with Crippen LogP contribution in [0.4, 0.5) is 0 Å². The number of carbonyl (C=O) groups excluding carboxylic acids is 1. The van der Waals surface area contributed by atoms with Gasteiger partial charge in [0.2, 0.25) is 5.88 Å². The predicted molar refractivity (Wildman–Crippen MR) is 109 cm³/mol. The summed E-state index contributed by atoms with van der Waals surface area (Å²) in [6.45, 7) is 3.50. The van der Waals surface area contributed by atoms with Gasteiger partial charge in [0, 0.05) is 36.3 Å². The Balaban J connectivity index is 1.97. The van der Waals surface area contributed by atoms with E-state index in [1.54, 1.807) is 6.20 Å². The molecule has 0 saturated heterocycles. The molecular formula is C20H20N4O5. The van der Waals surface area contributed by atoms with Crippen molar-refractivity contribution in [3.8, 4) is 5.88 Å². The Morgan fingerprint density at radius 2 is 2.14 bits per heavy atom. The number of esters is 1. The molecule has 29 heavy (non-hydrogen) atoms. The lowest BCUT2D eigenvalue weighted by Gasteiger charge is -2.10. The quantitative estimate of drug-likeness (QED) is 0.313. The Morgan fingerprint density at radius 3 is 2.86 bits per heavy atom. The highest BCUT2D eigenvalue weighted by Gasteiger charge is 2.21. The second-order valence-electron chi connectivity index (χ2n) is 6.28. The van der Waals surface area contributed by atoms with Gasteiger partial charge in [0.1, 0.15) is 5.56 Å². The maximum absolute atomic E-state index is 12.2. The molecule has 2 heterocycles. The van der Waals surface area contributed by atoms with Crippen molar-refractivity contribution in [2.75, 3.05) is 7.11 Å². The molecule has 0 aliphatic rings. The van der Waals surface area contributed by atoms with Crippen LogP contribution in [0, 0.1) is 0 Å². The van der Waals surface area contributed by atoms with Gasteiger partial charge in [-0.05, 0) is 11.6 Å². The van der Waals surface area contributed by atoms with E-state index in [0.29, 0.717) is 0 Å². The largest absolute Gasteiger partial charge is 0.494 e. The first-order chi connectivity index (χ1) is 14.0. The summed E-state index contributed by atoms with van der Waals surface area (Å²) >= 11 is 0. The van der Waals surface area contributed by atoms with Crippen LogP contribution in [0.25, 0.3) is 10.9 Å². The van der Waals surface area contributed by atoms with Gasteiger partial charge in [-0.25, -0.2) is 9.59 Å². The van der Waals surface area contributed by atoms with Crippen molar-refractivity contribution in [2.45, 2.75) is 19.0 Å². The molecule has 0 spiro atoms. The number of methoxy groups -OCH3 is 1. The van der Waals surface area contributed by atoms with E-state index in [9.17, 15) is 19.5 Å². The Morgan fingerprint density at radius 1 is 1.38 bits per heavy atom. The summed E-state index contributed by atoms with van der Waals surface area (Å²) in [5.41, 5.74) is -0.0528. The lowest BCUT2D eigenvalue weighted by Crippen LogP contribution is -2.32. The van der Waals surface area contributed by atoms with Crippen LogP contribution >= 0.6 is 0 Å². The molecule has 1 atom stereocenters. The number of nitrogens with one attached hydrogen (secondary N) is 2. The lowest BCUT2D eigenvalue weighted by atomic mass is 10.1. The molecule has 0 radical (unpaired) electrons. The number of aliphatic imine (C=N–C) groups is 1. The van der Waals surface area contributed by atoms with Gasteiger partial charge in [0.05, 0.1) is 7.11 Å². The minimum Gasteiger partial charge on any atom is -0.494 e. The number of rotatable bonds is 7. The Labute approximate surface area is 165 Å². The topological polar surface area (TPSA) is 130 Å². The Hall–Kier alpha value is -3.88. The molecule has 0 amide bonds. The summed E-state index contributed by atoms with van der Waals surface area (Å²) in [7, 11) is 1.24. The fraction of sp³-hybridized carbons (Fsp3) is 0.200. The zero-order chi connectivity index (χ0) is 21.0. The highest BCUT2D eigenvalue weighted by atomic mass is 16.5. The van der Waals surface area contributed by atoms with Crippen molar-refractivity contribution < 1.29 is 14.6 Å². The monoisotopic (exact) mass is 396 g/mol. The van der Waals surface area contributed by atoms with E-state index >= 15 is 0 Å². The van der Waals surface area contributed by atoms with Crippen molar-refractivity contribution in [3.63, 3.8) is 0 Å². The van der Waals surface area contributed by atoms with Crippen LogP contribution in [0.5, 0.6) is 5.88 Å². The fourth-order valence-electron chi connectivity index (χ4n) is 3.00. The van der Waals surface area contributed by atoms with Crippen molar-refractivity contribution in [1.29, 1.82) is 0 Å². The van der Waals surface area contributed by atoms with Gasteiger partial charge in [-0.15, -0.1) is 6.58 Å². The second-order valence-corrected chi connectivity index (χ2v) is 6.28. The van der Waals surface area contributed by atoms with E-state index in [1.165, 1.54) is 13.2 Å². The number of ether oxygens (including phenoxy) is 1. The number of benzene rings is 1. The van der Waals surface area contributed by atoms with Crippen LogP contribution in [0.1, 0.15) is 11.1 Å². The van der Waals surface area contributed by atoms with Crippen LogP contribution in [0.3, 0.4) is 0 Å². The van der Waals surface area contributed by atoms with Gasteiger partial charge >= 0.3 is 11.7 Å². The summed E-state index contributed by atoms with van der Waals surface area (Å²) in [6.07, 6.45) is 4.47. The minimum absolute atomic E-state index is 0.00193. The molecule has 9 nitrogen and oxygen atoms in total. The smallest absolute Gasteiger partial charge is 0.331 e. The van der Waals surface area contributed by atoms with E-state index < -0.39 is 29.1 Å². The number of fused-ring (bicyclic) bond motifs is 1. The number of hydrogen-bond donors (Lipinski definition) is 3. The first-order valence-electron chi connectivity index (χ1n) is 8.79. The van der Waals surface area contributed by atoms with Gasteiger partial charge in [-0.3, -0.25) is 19.3 Å². The summed E-state index contributed by atoms with van der Waals surface area (Å²) in [6, 6.07) is 6.66. The van der Waals surface area contributed by atoms with Crippen LogP contribution in [0.15, 0.2) is 57.7 Å². The summed E-state index contributed by atoms with van der Waals surface area (Å²) < 4.78 is 5.76. The number of aromatic nitrogens is 3. The molecular weight excluding hydrogens is 376 g/mol. The number of allylic oxidation sites excluding steroid dienone is 1. The number of carbonyl (C=O) groups is 1. The average molecular weight is 396 g/mol. The van der Waals surface area contributed by atoms with E-state index in [0.717, 1.165) is 27.2 Å². The molecule has 2 aromatic heterocycles. The maximum atomic E-state index is 12.2. The minimum atomic E-state index is -0.946. The standard InChI is InChI=1S/C20H20N4O5/c1-3-8-24-18(26)14(17(25)23-20(24)28)11-22-16(19(27)29-2)9-12-10-21-15-7-5-4-6-13(12)15/h3-7,10-11,16,21,26H,1,8-9H2,2H3,(H,23,25,28). The molecule has 0 bridgehead atoms. The van der Waals surface area contributed by atoms with Crippen molar-refractivity contribution >= 4 is 23.1 Å². The van der Waals surface area contributed by atoms with Gasteiger partial charge < -0.3 is 14.8 Å². The summed E-state index contributed by atoms with van der Waals surface area (Å²) in [5.74, 6) is -1.15. The van der Waals surface area contributed by atoms with E-state index in [1.807, 2.05) is 24.3 Å². The highest BCUT2D eigenvalue weighted by molar-refractivity contribution is 5.87. The van der Waals surface area contributed by atoms with Gasteiger partial charge in [-0.2, -0.15) is 0 Å². The zero-order valence-electron chi connectivity index (χ0n) is 15.7. The van der Waals surface area contributed by atoms with Crippen molar-refractivity contribution in [2.24, 2.45) is 4.99 Å². The van der Waals surface area contributed by atoms with Gasteiger partial charge in [0.15, 0.2) is 6.04 Å². The SMILES string of the molecule is C=CCn1c(O)c(C=NC(Cc2c[nH]c3ccccc23)C(=O)OC)c(=O)[nH]c1=O. The number of aromatic amines is 2. The van der Waals surface area contributed by atoms with E-state index in [4.69, 9.17) is 4.74 Å². The third-order valence-corrected chi connectivity index (χ3v) is 4.46. The molecule has 1 unspecified atom stereocenters. The number of aromatic hydroxyl groups is 1. The number of hydrogen-bond acceptors (Lipinski definition) is 6. The van der Waals surface area contributed by atoms with Crippen LogP contribution in [-0.2, 0) is 22.5 Å². The fourth-order valence-corrected chi connectivity index (χ4v) is 3.00. The van der Waals surface area contributed by atoms with Gasteiger partial charge in [0.25, 0.3) is 5.56 Å². The number of para-hydroxylation sites is 1. The Kier molecular flexibility index (Phi) is 5.77. The van der Waals surface area contributed by atoms with E-state index in [2.05, 4.69) is 21.5 Å². The average Bonchev–Trinajstić information content (AvgIpc) is 3.12. The molecule has 150 valence electrons. The summed E-state index contributed by atoms with van der Waals surface area (Å²) in [4.78, 5) is 45.5. The molecule has 3 aromatic rings. The molecule has 3 rings (SSSR count). The molecule has 3 N–H and O–H groups in total. The molecule has 0 aliphatic heterocycles. The zero-order valence-corrected chi connectivity index (χ0v) is 15.7. The first-order valence-corrected chi connectivity index (χ1v) is 8.79. The van der Waals surface area contributed by atoms with Crippen molar-refractivity contribution in [1.82, 2.24) is 14.5 Å². The molecule has 9 heteroatoms. The first kappa shape index (κ1) is 19.9. The van der Waals surface area contributed by atoms with Crippen LogP contribution in [0.2, 0.25) is 0 Å². The lowest BCUT2D eigenvalue weighted by molar-refractivity contribution is -0.142. The maximum Gasteiger partial charge on any atom is 0.331 e. The highest BCUT2D eigenvalue weighted by Crippen LogP contribution is 2.20. The van der Waals surface area contributed by atoms with E-state index in [-0.39, 0.29) is 18.5 Å². The van der Waals surface area contributed by atoms with Crippen LogP contribution < -0.4 is 11.2 Å². The normalized spacial score (nSPS) is 12.3. The molecule has 0 aliphatic carbocycles. The third kappa shape index (κ3) is 4.03.